The first-order valence-corrected chi connectivity index (χ1v) is 12.2. The first-order valence-electron chi connectivity index (χ1n) is 10.8. The first-order chi connectivity index (χ1) is 14.4. The quantitative estimate of drug-likeness (QED) is 0.666. The van der Waals surface area contributed by atoms with Crippen molar-refractivity contribution in [2.75, 3.05) is 53.4 Å². The zero-order chi connectivity index (χ0) is 21.6. The highest BCUT2D eigenvalue weighted by molar-refractivity contribution is 7.86. The molecule has 1 amide bonds. The van der Waals surface area contributed by atoms with Crippen LogP contribution in [0.25, 0.3) is 0 Å². The zero-order valence-electron chi connectivity index (χ0n) is 18.0. The summed E-state index contributed by atoms with van der Waals surface area (Å²) in [4.78, 5) is 14.7. The molecule has 0 unspecified atom stereocenters. The predicted octanol–water partition coefficient (Wildman–Crippen LogP) is 1.55. The molecule has 168 valence electrons. The average molecular weight is 439 g/mol. The van der Waals surface area contributed by atoms with Crippen molar-refractivity contribution in [3.63, 3.8) is 0 Å². The van der Waals surface area contributed by atoms with Gasteiger partial charge in [-0.05, 0) is 63.0 Å². The van der Waals surface area contributed by atoms with Crippen molar-refractivity contribution in [1.29, 1.82) is 0 Å². The van der Waals surface area contributed by atoms with Gasteiger partial charge in [-0.3, -0.25) is 4.79 Å². The number of nitrogens with zero attached hydrogens (tertiary/aromatic N) is 3. The molecule has 30 heavy (non-hydrogen) atoms. The van der Waals surface area contributed by atoms with E-state index in [1.807, 2.05) is 12.1 Å². The van der Waals surface area contributed by atoms with Crippen LogP contribution in [0.3, 0.4) is 0 Å². The molecule has 1 aromatic rings. The minimum absolute atomic E-state index is 0.0252. The smallest absolute Gasteiger partial charge is 0.281 e. The van der Waals surface area contributed by atoms with Crippen LogP contribution < -0.4 is 10.1 Å². The highest BCUT2D eigenvalue weighted by Gasteiger charge is 2.30. The van der Waals surface area contributed by atoms with Gasteiger partial charge in [0.1, 0.15) is 11.9 Å². The second-order valence-electron chi connectivity index (χ2n) is 8.19. The summed E-state index contributed by atoms with van der Waals surface area (Å²) in [5.41, 5.74) is 0.618. The average Bonchev–Trinajstić information content (AvgIpc) is 2.75. The van der Waals surface area contributed by atoms with Crippen molar-refractivity contribution in [3.8, 4) is 5.75 Å². The molecule has 3 rings (SSSR count). The molecule has 9 heteroatoms. The van der Waals surface area contributed by atoms with Crippen LogP contribution in [0, 0.1) is 0 Å². The SMILES string of the molecule is CN(C)S(=O)(=O)N1CCC(Oc2ccc(C(=O)NCCN3CCCCC3)cc2)CC1. The number of hydrogen-bond donors (Lipinski definition) is 1. The second kappa shape index (κ2) is 10.6. The molecular weight excluding hydrogens is 404 g/mol. The number of nitrogens with one attached hydrogen (secondary N) is 1. The molecule has 0 bridgehead atoms. The number of ether oxygens (including phenoxy) is 1. The fourth-order valence-electron chi connectivity index (χ4n) is 3.90. The van der Waals surface area contributed by atoms with Crippen molar-refractivity contribution in [2.24, 2.45) is 0 Å². The molecule has 0 aromatic heterocycles. The Hall–Kier alpha value is -1.68. The summed E-state index contributed by atoms with van der Waals surface area (Å²) >= 11 is 0. The van der Waals surface area contributed by atoms with Crippen LogP contribution in [0.4, 0.5) is 0 Å². The minimum atomic E-state index is -3.36. The third-order valence-electron chi connectivity index (χ3n) is 5.77. The number of carbonyl (C=O) groups is 1. The van der Waals surface area contributed by atoms with E-state index in [1.165, 1.54) is 27.9 Å². The fourth-order valence-corrected chi connectivity index (χ4v) is 5.04. The van der Waals surface area contributed by atoms with Gasteiger partial charge >= 0.3 is 0 Å². The van der Waals surface area contributed by atoms with Crippen LogP contribution in [0.2, 0.25) is 0 Å². The summed E-state index contributed by atoms with van der Waals surface area (Å²) in [5.74, 6) is 0.634. The van der Waals surface area contributed by atoms with Crippen LogP contribution in [-0.2, 0) is 10.2 Å². The maximum absolute atomic E-state index is 12.3. The first kappa shape index (κ1) is 23.0. The van der Waals surface area contributed by atoms with Crippen LogP contribution in [0.15, 0.2) is 24.3 Å². The molecule has 0 saturated carbocycles. The summed E-state index contributed by atoms with van der Waals surface area (Å²) in [5, 5.41) is 2.99. The van der Waals surface area contributed by atoms with E-state index in [2.05, 4.69) is 10.2 Å². The summed E-state index contributed by atoms with van der Waals surface area (Å²) in [6.45, 7) is 4.70. The molecule has 2 aliphatic rings. The Morgan fingerprint density at radius 3 is 2.30 bits per heavy atom. The van der Waals surface area contributed by atoms with Gasteiger partial charge in [-0.1, -0.05) is 6.42 Å². The molecule has 2 saturated heterocycles. The molecule has 1 aromatic carbocycles. The van der Waals surface area contributed by atoms with Crippen molar-refractivity contribution >= 4 is 16.1 Å². The Morgan fingerprint density at radius 1 is 1.07 bits per heavy atom. The Labute approximate surface area is 180 Å². The lowest BCUT2D eigenvalue weighted by Crippen LogP contribution is -2.46. The van der Waals surface area contributed by atoms with Gasteiger partial charge in [-0.15, -0.1) is 0 Å². The van der Waals surface area contributed by atoms with Crippen molar-refractivity contribution < 1.29 is 17.9 Å². The highest BCUT2D eigenvalue weighted by Crippen LogP contribution is 2.21. The molecule has 0 aliphatic carbocycles. The number of hydrogen-bond acceptors (Lipinski definition) is 5. The third kappa shape index (κ3) is 6.16. The topological polar surface area (TPSA) is 82.2 Å². The van der Waals surface area contributed by atoms with Gasteiger partial charge in [0.15, 0.2) is 0 Å². The largest absolute Gasteiger partial charge is 0.490 e. The predicted molar refractivity (Wildman–Crippen MR) is 117 cm³/mol. The molecule has 0 radical (unpaired) electrons. The Balaban J connectivity index is 1.41. The van der Waals surface area contributed by atoms with Gasteiger partial charge in [0, 0.05) is 45.8 Å². The standard InChI is InChI=1S/C21H34N4O4S/c1-23(2)30(27,28)25-15-10-20(11-16-25)29-19-8-6-18(7-9-19)21(26)22-12-17-24-13-4-3-5-14-24/h6-9,20H,3-5,10-17H2,1-2H3,(H,22,26). The molecule has 2 heterocycles. The molecule has 1 N–H and O–H groups in total. The summed E-state index contributed by atoms with van der Waals surface area (Å²) < 4.78 is 33.1. The van der Waals surface area contributed by atoms with Gasteiger partial charge in [0.25, 0.3) is 16.1 Å². The van der Waals surface area contributed by atoms with Crippen LogP contribution in [-0.4, -0.2) is 87.3 Å². The van der Waals surface area contributed by atoms with Gasteiger partial charge in [0.05, 0.1) is 0 Å². The summed E-state index contributed by atoms with van der Waals surface area (Å²) in [6, 6.07) is 7.17. The minimum Gasteiger partial charge on any atom is -0.490 e. The van der Waals surface area contributed by atoms with E-state index < -0.39 is 10.2 Å². The van der Waals surface area contributed by atoms with Gasteiger partial charge < -0.3 is 15.0 Å². The second-order valence-corrected chi connectivity index (χ2v) is 10.3. The van der Waals surface area contributed by atoms with Crippen molar-refractivity contribution in [1.82, 2.24) is 18.8 Å². The Morgan fingerprint density at radius 2 is 1.70 bits per heavy atom. The lowest BCUT2D eigenvalue weighted by molar-refractivity contribution is 0.0946. The number of amides is 1. The Kier molecular flexibility index (Phi) is 8.10. The molecule has 0 atom stereocenters. The fraction of sp³-hybridized carbons (Fsp3) is 0.667. The van der Waals surface area contributed by atoms with Gasteiger partial charge in [0.2, 0.25) is 0 Å². The maximum Gasteiger partial charge on any atom is 0.281 e. The third-order valence-corrected chi connectivity index (χ3v) is 7.71. The van der Waals surface area contributed by atoms with E-state index in [0.29, 0.717) is 43.8 Å². The van der Waals surface area contributed by atoms with Gasteiger partial charge in [-0.2, -0.15) is 17.0 Å². The maximum atomic E-state index is 12.3. The normalized spacial score (nSPS) is 19.7. The zero-order valence-corrected chi connectivity index (χ0v) is 18.9. The monoisotopic (exact) mass is 438 g/mol. The number of benzene rings is 1. The van der Waals surface area contributed by atoms with E-state index in [1.54, 1.807) is 26.2 Å². The van der Waals surface area contributed by atoms with Crippen molar-refractivity contribution in [2.45, 2.75) is 38.2 Å². The van der Waals surface area contributed by atoms with Gasteiger partial charge in [-0.25, -0.2) is 0 Å². The van der Waals surface area contributed by atoms with Crippen molar-refractivity contribution in [3.05, 3.63) is 29.8 Å². The molecule has 2 fully saturated rings. The van der Waals surface area contributed by atoms with Crippen LogP contribution >= 0.6 is 0 Å². The van der Waals surface area contributed by atoms with Crippen LogP contribution in [0.1, 0.15) is 42.5 Å². The molecule has 8 nitrogen and oxygen atoms in total. The number of likely N-dealkylation sites (tertiary alicyclic amines) is 1. The van der Waals surface area contributed by atoms with Crippen LogP contribution in [0.5, 0.6) is 5.75 Å². The summed E-state index contributed by atoms with van der Waals surface area (Å²) in [6.07, 6.45) is 5.08. The number of rotatable bonds is 8. The summed E-state index contributed by atoms with van der Waals surface area (Å²) in [7, 11) is -0.273. The van der Waals surface area contributed by atoms with E-state index in [9.17, 15) is 13.2 Å². The van der Waals surface area contributed by atoms with E-state index in [-0.39, 0.29) is 12.0 Å². The van der Waals surface area contributed by atoms with E-state index in [0.717, 1.165) is 19.6 Å². The molecule has 0 spiro atoms. The van der Waals surface area contributed by atoms with E-state index >= 15 is 0 Å². The highest BCUT2D eigenvalue weighted by atomic mass is 32.2. The number of piperidine rings is 2. The lowest BCUT2D eigenvalue weighted by atomic mass is 10.1. The lowest BCUT2D eigenvalue weighted by Gasteiger charge is -2.32. The molecular formula is C21H34N4O4S. The Bertz CT molecular complexity index is 784. The number of carbonyl (C=O) groups excluding carboxylic acids is 1. The van der Waals surface area contributed by atoms with E-state index in [4.69, 9.17) is 4.74 Å². The molecule has 2 aliphatic heterocycles.